The molecule has 27 heavy (non-hydrogen) atoms. The van der Waals surface area contributed by atoms with E-state index in [4.69, 9.17) is 0 Å². The second kappa shape index (κ2) is 7.89. The fraction of sp³-hybridized carbons (Fsp3) is 0.235. The summed E-state index contributed by atoms with van der Waals surface area (Å²) in [6, 6.07) is 5.71. The summed E-state index contributed by atoms with van der Waals surface area (Å²) in [5, 5.41) is 24.5. The van der Waals surface area contributed by atoms with E-state index in [9.17, 15) is 14.9 Å². The third-order valence-electron chi connectivity index (χ3n) is 4.06. The first-order valence-electron chi connectivity index (χ1n) is 7.98. The lowest BCUT2D eigenvalue weighted by Crippen LogP contribution is -2.14. The molecular weight excluding hydrogens is 386 g/mol. The number of anilines is 1. The lowest BCUT2D eigenvalue weighted by molar-refractivity contribution is -0.384. The summed E-state index contributed by atoms with van der Waals surface area (Å²) >= 11 is 2.95. The summed E-state index contributed by atoms with van der Waals surface area (Å²) in [4.78, 5) is 23.5. The molecule has 140 valence electrons. The average molecular weight is 403 g/mol. The standard InChI is InChI=1S/C17H17N5O3S2/c1-10-11(2)26-8-14(10)16-19-20-17(21(16)3)27-9-15(23)18-12-4-6-13(7-5-12)22(24)25/h4-8H,9H2,1-3H3,(H,18,23). The number of nitro groups is 1. The number of thiophene rings is 1. The van der Waals surface area contributed by atoms with Crippen molar-refractivity contribution in [2.24, 2.45) is 7.05 Å². The Morgan fingerprint density at radius 1 is 1.30 bits per heavy atom. The molecule has 3 aromatic rings. The van der Waals surface area contributed by atoms with Gasteiger partial charge in [-0.05, 0) is 31.5 Å². The average Bonchev–Trinajstić information content (AvgIpc) is 3.16. The van der Waals surface area contributed by atoms with Crippen molar-refractivity contribution in [3.63, 3.8) is 0 Å². The molecule has 1 N–H and O–H groups in total. The van der Waals surface area contributed by atoms with Gasteiger partial charge < -0.3 is 9.88 Å². The molecule has 2 aromatic heterocycles. The number of hydrogen-bond acceptors (Lipinski definition) is 7. The lowest BCUT2D eigenvalue weighted by Gasteiger charge is -2.05. The third kappa shape index (κ3) is 4.17. The minimum atomic E-state index is -0.482. The normalized spacial score (nSPS) is 10.8. The van der Waals surface area contributed by atoms with Crippen molar-refractivity contribution in [2.45, 2.75) is 19.0 Å². The van der Waals surface area contributed by atoms with Crippen LogP contribution in [0.2, 0.25) is 0 Å². The highest BCUT2D eigenvalue weighted by Gasteiger charge is 2.16. The van der Waals surface area contributed by atoms with Crippen LogP contribution in [-0.2, 0) is 11.8 Å². The Kier molecular flexibility index (Phi) is 5.57. The molecule has 0 spiro atoms. The molecule has 8 nitrogen and oxygen atoms in total. The second-order valence-electron chi connectivity index (χ2n) is 5.84. The summed E-state index contributed by atoms with van der Waals surface area (Å²) in [5.74, 6) is 0.709. The van der Waals surface area contributed by atoms with Gasteiger partial charge in [0, 0.05) is 40.7 Å². The Balaban J connectivity index is 1.62. The number of carbonyl (C=O) groups is 1. The summed E-state index contributed by atoms with van der Waals surface area (Å²) < 4.78 is 1.87. The van der Waals surface area contributed by atoms with Crippen molar-refractivity contribution in [1.82, 2.24) is 14.8 Å². The topological polar surface area (TPSA) is 103 Å². The van der Waals surface area contributed by atoms with Crippen LogP contribution in [0.15, 0.2) is 34.8 Å². The van der Waals surface area contributed by atoms with E-state index < -0.39 is 4.92 Å². The van der Waals surface area contributed by atoms with Crippen LogP contribution in [0, 0.1) is 24.0 Å². The molecule has 0 atom stereocenters. The Hall–Kier alpha value is -2.72. The SMILES string of the molecule is Cc1scc(-c2nnc(SCC(=O)Nc3ccc([N+](=O)[O-])cc3)n2C)c1C. The van der Waals surface area contributed by atoms with E-state index in [2.05, 4.69) is 34.7 Å². The molecule has 3 rings (SSSR count). The van der Waals surface area contributed by atoms with Gasteiger partial charge >= 0.3 is 0 Å². The molecule has 2 heterocycles. The molecule has 0 bridgehead atoms. The molecule has 1 aromatic carbocycles. The molecular formula is C17H17N5O3S2. The number of hydrogen-bond donors (Lipinski definition) is 1. The number of benzene rings is 1. The van der Waals surface area contributed by atoms with E-state index in [0.717, 1.165) is 11.4 Å². The van der Waals surface area contributed by atoms with Gasteiger partial charge in [0.15, 0.2) is 11.0 Å². The van der Waals surface area contributed by atoms with Crippen molar-refractivity contribution in [3.05, 3.63) is 50.2 Å². The molecule has 1 amide bonds. The van der Waals surface area contributed by atoms with Gasteiger partial charge in [-0.3, -0.25) is 14.9 Å². The fourth-order valence-electron chi connectivity index (χ4n) is 2.40. The van der Waals surface area contributed by atoms with Crippen LogP contribution in [0.5, 0.6) is 0 Å². The van der Waals surface area contributed by atoms with Crippen LogP contribution in [-0.4, -0.2) is 31.3 Å². The monoisotopic (exact) mass is 403 g/mol. The van der Waals surface area contributed by atoms with Crippen molar-refractivity contribution in [2.75, 3.05) is 11.1 Å². The van der Waals surface area contributed by atoms with E-state index in [-0.39, 0.29) is 17.3 Å². The van der Waals surface area contributed by atoms with E-state index in [1.54, 1.807) is 11.3 Å². The predicted molar refractivity (Wildman–Crippen MR) is 106 cm³/mol. The van der Waals surface area contributed by atoms with Crippen molar-refractivity contribution in [1.29, 1.82) is 0 Å². The van der Waals surface area contributed by atoms with Crippen molar-refractivity contribution in [3.8, 4) is 11.4 Å². The molecule has 10 heteroatoms. The Morgan fingerprint density at radius 2 is 2.00 bits per heavy atom. The number of nitro benzene ring substituents is 1. The van der Waals surface area contributed by atoms with E-state index >= 15 is 0 Å². The number of amides is 1. The summed E-state index contributed by atoms with van der Waals surface area (Å²) in [6.45, 7) is 4.12. The van der Waals surface area contributed by atoms with Gasteiger partial charge in [0.25, 0.3) is 5.69 Å². The maximum absolute atomic E-state index is 12.1. The zero-order valence-corrected chi connectivity index (χ0v) is 16.6. The number of carbonyl (C=O) groups excluding carboxylic acids is 1. The minimum absolute atomic E-state index is 0.0204. The van der Waals surface area contributed by atoms with Crippen LogP contribution in [0.3, 0.4) is 0 Å². The van der Waals surface area contributed by atoms with Gasteiger partial charge in [0.05, 0.1) is 10.7 Å². The lowest BCUT2D eigenvalue weighted by atomic mass is 10.2. The quantitative estimate of drug-likeness (QED) is 0.381. The molecule has 0 saturated heterocycles. The zero-order chi connectivity index (χ0) is 19.6. The smallest absolute Gasteiger partial charge is 0.269 e. The first-order valence-corrected chi connectivity index (χ1v) is 9.85. The predicted octanol–water partition coefficient (Wildman–Crippen LogP) is 3.80. The number of nitrogens with zero attached hydrogens (tertiary/aromatic N) is 4. The molecule has 0 aliphatic heterocycles. The summed E-state index contributed by atoms with van der Waals surface area (Å²) in [6.07, 6.45) is 0. The molecule has 0 unspecified atom stereocenters. The number of nitrogens with one attached hydrogen (secondary N) is 1. The van der Waals surface area contributed by atoms with Crippen LogP contribution in [0.1, 0.15) is 10.4 Å². The highest BCUT2D eigenvalue weighted by Crippen LogP contribution is 2.30. The van der Waals surface area contributed by atoms with E-state index in [1.807, 2.05) is 11.6 Å². The van der Waals surface area contributed by atoms with Crippen LogP contribution < -0.4 is 5.32 Å². The number of aromatic nitrogens is 3. The molecule has 0 radical (unpaired) electrons. The van der Waals surface area contributed by atoms with Crippen molar-refractivity contribution >= 4 is 40.4 Å². The highest BCUT2D eigenvalue weighted by molar-refractivity contribution is 7.99. The summed E-state index contributed by atoms with van der Waals surface area (Å²) in [7, 11) is 1.87. The van der Waals surface area contributed by atoms with Crippen LogP contribution >= 0.6 is 23.1 Å². The maximum atomic E-state index is 12.1. The third-order valence-corrected chi connectivity index (χ3v) is 6.09. The molecule has 0 aliphatic rings. The van der Waals surface area contributed by atoms with Gasteiger partial charge in [-0.1, -0.05) is 11.8 Å². The zero-order valence-electron chi connectivity index (χ0n) is 14.9. The number of aryl methyl sites for hydroxylation is 1. The van der Waals surface area contributed by atoms with Gasteiger partial charge in [0.1, 0.15) is 0 Å². The highest BCUT2D eigenvalue weighted by atomic mass is 32.2. The van der Waals surface area contributed by atoms with Gasteiger partial charge in [-0.15, -0.1) is 21.5 Å². The molecule has 0 saturated carbocycles. The van der Waals surface area contributed by atoms with Crippen LogP contribution in [0.25, 0.3) is 11.4 Å². The van der Waals surface area contributed by atoms with Crippen molar-refractivity contribution < 1.29 is 9.72 Å². The Labute approximate surface area is 163 Å². The number of thioether (sulfide) groups is 1. The van der Waals surface area contributed by atoms with E-state index in [1.165, 1.54) is 46.5 Å². The second-order valence-corrected chi connectivity index (χ2v) is 7.86. The number of rotatable bonds is 6. The number of non-ortho nitro benzene ring substituents is 1. The Morgan fingerprint density at radius 3 is 2.59 bits per heavy atom. The largest absolute Gasteiger partial charge is 0.325 e. The fourth-order valence-corrected chi connectivity index (χ4v) is 3.98. The van der Waals surface area contributed by atoms with Gasteiger partial charge in [-0.2, -0.15) is 0 Å². The van der Waals surface area contributed by atoms with Gasteiger partial charge in [0.2, 0.25) is 5.91 Å². The maximum Gasteiger partial charge on any atom is 0.269 e. The minimum Gasteiger partial charge on any atom is -0.325 e. The first kappa shape index (κ1) is 19.1. The molecule has 0 fully saturated rings. The van der Waals surface area contributed by atoms with Crippen LogP contribution in [0.4, 0.5) is 11.4 Å². The molecule has 0 aliphatic carbocycles. The van der Waals surface area contributed by atoms with E-state index in [0.29, 0.717) is 10.8 Å². The first-order chi connectivity index (χ1) is 12.9. The Bertz CT molecular complexity index is 995. The summed E-state index contributed by atoms with van der Waals surface area (Å²) in [5.41, 5.74) is 2.72. The van der Waals surface area contributed by atoms with Gasteiger partial charge in [-0.25, -0.2) is 0 Å².